The van der Waals surface area contributed by atoms with E-state index in [0.717, 1.165) is 58.0 Å². The van der Waals surface area contributed by atoms with Crippen LogP contribution in [0, 0.1) is 5.92 Å². The van der Waals surface area contributed by atoms with Crippen LogP contribution in [-0.2, 0) is 19.1 Å². The first-order chi connectivity index (χ1) is 16.9. The lowest BCUT2D eigenvalue weighted by atomic mass is 9.85. The summed E-state index contributed by atoms with van der Waals surface area (Å²) in [5, 5.41) is 10.1. The highest BCUT2D eigenvalue weighted by Crippen LogP contribution is 2.36. The number of amides is 1. The van der Waals surface area contributed by atoms with E-state index in [1.54, 1.807) is 7.11 Å². The van der Waals surface area contributed by atoms with Gasteiger partial charge in [-0.05, 0) is 78.6 Å². The quantitative estimate of drug-likeness (QED) is 0.239. The number of hydrogen-bond acceptors (Lipinski definition) is 5. The van der Waals surface area contributed by atoms with Gasteiger partial charge >= 0.3 is 0 Å². The highest BCUT2D eigenvalue weighted by molar-refractivity contribution is 5.82. The van der Waals surface area contributed by atoms with Crippen LogP contribution in [-0.4, -0.2) is 67.1 Å². The summed E-state index contributed by atoms with van der Waals surface area (Å²) < 4.78 is 4.54. The van der Waals surface area contributed by atoms with E-state index in [9.17, 15) is 9.59 Å². The molecule has 0 aromatic rings. The van der Waals surface area contributed by atoms with Crippen LogP contribution < -0.4 is 5.32 Å². The molecule has 0 aromatic carbocycles. The van der Waals surface area contributed by atoms with Gasteiger partial charge in [0.1, 0.15) is 6.29 Å². The third kappa shape index (κ3) is 17.1. The maximum Gasteiger partial charge on any atom is 0.290 e. The molecule has 0 radical (unpaired) electrons. The number of carbonyl (C=O) groups is 3. The fourth-order valence-electron chi connectivity index (χ4n) is 4.37. The summed E-state index contributed by atoms with van der Waals surface area (Å²) in [6.07, 6.45) is 19.3. The van der Waals surface area contributed by atoms with Gasteiger partial charge in [-0.15, -0.1) is 0 Å². The molecular weight excluding hydrogens is 444 g/mol. The molecule has 0 bridgehead atoms. The lowest BCUT2D eigenvalue weighted by Crippen LogP contribution is -2.51. The second-order valence-electron chi connectivity index (χ2n) is 8.72. The molecule has 2 rings (SSSR count). The van der Waals surface area contributed by atoms with Gasteiger partial charge in [0.15, 0.2) is 0 Å². The molecule has 7 heteroatoms. The number of methoxy groups -OCH3 is 1. The van der Waals surface area contributed by atoms with E-state index in [2.05, 4.69) is 40.1 Å². The Hall–Kier alpha value is -1.99. The number of carboxylic acid groups (broad SMARTS) is 1. The zero-order chi connectivity index (χ0) is 26.9. The average molecular weight is 497 g/mol. The molecule has 2 N–H and O–H groups in total. The minimum Gasteiger partial charge on any atom is -0.483 e. The molecule has 1 saturated heterocycles. The molecule has 1 amide bonds. The first-order valence-corrected chi connectivity index (χ1v) is 13.2. The molecule has 204 valence electrons. The van der Waals surface area contributed by atoms with E-state index in [4.69, 9.17) is 9.90 Å². The van der Waals surface area contributed by atoms with Crippen LogP contribution in [0.15, 0.2) is 24.3 Å². The molecule has 1 saturated carbocycles. The van der Waals surface area contributed by atoms with E-state index < -0.39 is 0 Å². The first-order valence-electron chi connectivity index (χ1n) is 13.2. The highest BCUT2D eigenvalue weighted by Gasteiger charge is 2.39. The Kier molecular flexibility index (Phi) is 25.2. The molecule has 0 aromatic heterocycles. The zero-order valence-corrected chi connectivity index (χ0v) is 23.1. The van der Waals surface area contributed by atoms with Gasteiger partial charge in [0.05, 0.1) is 12.1 Å². The Morgan fingerprint density at radius 2 is 1.71 bits per heavy atom. The maximum atomic E-state index is 12.8. The van der Waals surface area contributed by atoms with Crippen molar-refractivity contribution in [2.24, 2.45) is 5.92 Å². The Morgan fingerprint density at radius 1 is 1.11 bits per heavy atom. The summed E-state index contributed by atoms with van der Waals surface area (Å²) in [6.45, 7) is 11.5. The van der Waals surface area contributed by atoms with E-state index in [0.29, 0.717) is 12.0 Å². The van der Waals surface area contributed by atoms with Gasteiger partial charge in [-0.25, -0.2) is 0 Å². The SMILES string of the molecule is C/C=C/CCC[C@@H](C=O)N[C@@H](C)C(=O)N1CC[C@@H]2CCCC[C@@H]21.C/C=C\CC.CCOC.O=CO. The fraction of sp³-hybridized carbons (Fsp3) is 0.750. The van der Waals surface area contributed by atoms with Crippen LogP contribution in [0.3, 0.4) is 0 Å². The van der Waals surface area contributed by atoms with Crippen molar-refractivity contribution in [3.8, 4) is 0 Å². The second kappa shape index (κ2) is 25.1. The summed E-state index contributed by atoms with van der Waals surface area (Å²) in [7, 11) is 1.68. The predicted molar refractivity (Wildman–Crippen MR) is 145 cm³/mol. The maximum absolute atomic E-state index is 12.8. The smallest absolute Gasteiger partial charge is 0.290 e. The van der Waals surface area contributed by atoms with Crippen molar-refractivity contribution in [3.05, 3.63) is 24.3 Å². The van der Waals surface area contributed by atoms with Gasteiger partial charge in [-0.3, -0.25) is 14.9 Å². The largest absolute Gasteiger partial charge is 0.483 e. The molecule has 2 aliphatic rings. The lowest BCUT2D eigenvalue weighted by Gasteiger charge is -2.33. The van der Waals surface area contributed by atoms with Crippen molar-refractivity contribution in [2.45, 2.75) is 111 Å². The third-order valence-electron chi connectivity index (χ3n) is 6.17. The topological polar surface area (TPSA) is 95.9 Å². The normalized spacial score (nSPS) is 20.3. The van der Waals surface area contributed by atoms with Crippen LogP contribution in [0.2, 0.25) is 0 Å². The Balaban J connectivity index is 0. The summed E-state index contributed by atoms with van der Waals surface area (Å²) >= 11 is 0. The number of ether oxygens (including phenoxy) is 1. The molecule has 1 aliphatic carbocycles. The number of likely N-dealkylation sites (tertiary alicyclic amines) is 1. The number of carbonyl (C=O) groups excluding carboxylic acids is 2. The number of hydrogen-bond donors (Lipinski definition) is 2. The predicted octanol–water partition coefficient (Wildman–Crippen LogP) is 5.40. The third-order valence-corrected chi connectivity index (χ3v) is 6.17. The number of allylic oxidation sites excluding steroid dienone is 4. The molecule has 0 unspecified atom stereocenters. The summed E-state index contributed by atoms with van der Waals surface area (Å²) in [4.78, 5) is 34.5. The summed E-state index contributed by atoms with van der Waals surface area (Å²) in [6, 6.07) is -0.0403. The van der Waals surface area contributed by atoms with Crippen molar-refractivity contribution >= 4 is 18.7 Å². The zero-order valence-electron chi connectivity index (χ0n) is 23.1. The van der Waals surface area contributed by atoms with Crippen molar-refractivity contribution in [1.82, 2.24) is 10.2 Å². The van der Waals surface area contributed by atoms with Crippen LogP contribution in [0.4, 0.5) is 0 Å². The number of nitrogens with zero attached hydrogens (tertiary/aromatic N) is 1. The molecule has 1 aliphatic heterocycles. The van der Waals surface area contributed by atoms with E-state index >= 15 is 0 Å². The molecule has 1 heterocycles. The molecule has 4 atom stereocenters. The van der Waals surface area contributed by atoms with Gasteiger partial charge in [-0.2, -0.15) is 0 Å². The van der Waals surface area contributed by atoms with E-state index in [-0.39, 0.29) is 24.5 Å². The Morgan fingerprint density at radius 3 is 2.20 bits per heavy atom. The molecule has 35 heavy (non-hydrogen) atoms. The van der Waals surface area contributed by atoms with Crippen LogP contribution >= 0.6 is 0 Å². The fourth-order valence-corrected chi connectivity index (χ4v) is 4.37. The van der Waals surface area contributed by atoms with E-state index in [1.165, 1.54) is 19.3 Å². The number of fused-ring (bicyclic) bond motifs is 1. The van der Waals surface area contributed by atoms with Crippen molar-refractivity contribution in [3.63, 3.8) is 0 Å². The summed E-state index contributed by atoms with van der Waals surface area (Å²) in [5.41, 5.74) is 0. The molecule has 0 spiro atoms. The van der Waals surface area contributed by atoms with Gasteiger partial charge in [0, 0.05) is 26.3 Å². The first kappa shape index (κ1) is 35.2. The van der Waals surface area contributed by atoms with Crippen molar-refractivity contribution in [1.29, 1.82) is 0 Å². The van der Waals surface area contributed by atoms with Crippen LogP contribution in [0.1, 0.15) is 92.4 Å². The second-order valence-corrected chi connectivity index (χ2v) is 8.72. The van der Waals surface area contributed by atoms with Gasteiger partial charge in [-0.1, -0.05) is 44.1 Å². The highest BCUT2D eigenvalue weighted by atomic mass is 16.5. The number of nitrogens with one attached hydrogen (secondary N) is 1. The van der Waals surface area contributed by atoms with Crippen molar-refractivity contribution in [2.75, 3.05) is 20.3 Å². The van der Waals surface area contributed by atoms with Gasteiger partial charge in [0.25, 0.3) is 6.47 Å². The minimum atomic E-state index is -0.271. The lowest BCUT2D eigenvalue weighted by molar-refractivity contribution is -0.135. The monoisotopic (exact) mass is 496 g/mol. The number of aldehydes is 1. The Labute approximate surface area is 214 Å². The number of rotatable bonds is 10. The van der Waals surface area contributed by atoms with Gasteiger partial charge in [0.2, 0.25) is 5.91 Å². The van der Waals surface area contributed by atoms with Gasteiger partial charge < -0.3 is 19.5 Å². The van der Waals surface area contributed by atoms with Crippen LogP contribution in [0.25, 0.3) is 0 Å². The van der Waals surface area contributed by atoms with Crippen LogP contribution in [0.5, 0.6) is 0 Å². The molecule has 2 fully saturated rings. The molecular formula is C28H52N2O5. The minimum absolute atomic E-state index is 0.180. The standard InChI is InChI=1S/C19H32N2O2.C5H10.C3H8O.CH2O2/c1-3-4-5-6-10-17(14-22)20-15(2)19(23)21-13-12-16-9-7-8-11-18(16)21;1-3-5-4-2;1-3-4-2;2-1-3/h3-4,14-18,20H,5-13H2,1-2H3;3,5H,4H2,1-2H3;3H2,1-2H3;1H,(H,2,3)/b4-3+;5-3-;;/t15-,16-,17-,18-;;;/m0.../s1. The van der Waals surface area contributed by atoms with Crippen molar-refractivity contribution < 1.29 is 24.2 Å². The Bertz CT molecular complexity index is 578. The molecule has 7 nitrogen and oxygen atoms in total. The van der Waals surface area contributed by atoms with E-state index in [1.807, 2.05) is 33.8 Å². The number of unbranched alkanes of at least 4 members (excludes halogenated alkanes) is 1. The summed E-state index contributed by atoms with van der Waals surface area (Å²) in [5.74, 6) is 0.891. The average Bonchev–Trinajstić information content (AvgIpc) is 3.31.